The Bertz CT molecular complexity index is 127. The van der Waals surface area contributed by atoms with Crippen molar-refractivity contribution < 1.29 is 14.3 Å². The second-order valence-electron chi connectivity index (χ2n) is 3.53. The molecule has 0 amide bonds. The largest absolute Gasteiger partial charge is 0.666 e. The lowest BCUT2D eigenvalue weighted by Gasteiger charge is -2.06. The molecule has 0 aliphatic heterocycles. The van der Waals surface area contributed by atoms with E-state index in [1.807, 2.05) is 0 Å². The molecule has 0 spiro atoms. The summed E-state index contributed by atoms with van der Waals surface area (Å²) in [6.45, 7) is 0.902. The SMILES string of the molecule is [O]B(OCCCCCCl)OCCCCCCl. The van der Waals surface area contributed by atoms with Crippen LogP contribution in [0.4, 0.5) is 0 Å². The molecule has 0 aromatic heterocycles. The maximum Gasteiger partial charge on any atom is 0.666 e. The predicted molar refractivity (Wildman–Crippen MR) is 67.5 cm³/mol. The van der Waals surface area contributed by atoms with Crippen LogP contribution in [0.3, 0.4) is 0 Å². The van der Waals surface area contributed by atoms with E-state index in [0.717, 1.165) is 38.5 Å². The third-order valence-corrected chi connectivity index (χ3v) is 2.60. The molecule has 0 aromatic rings. The van der Waals surface area contributed by atoms with Crippen molar-refractivity contribution in [2.45, 2.75) is 38.5 Å². The molecule has 0 aromatic carbocycles. The first-order valence-corrected chi connectivity index (χ1v) is 6.89. The zero-order chi connectivity index (χ0) is 12.1. The van der Waals surface area contributed by atoms with Gasteiger partial charge in [0, 0.05) is 25.0 Å². The van der Waals surface area contributed by atoms with Crippen molar-refractivity contribution in [2.75, 3.05) is 25.0 Å². The van der Waals surface area contributed by atoms with Gasteiger partial charge in [-0.25, -0.2) is 5.02 Å². The Morgan fingerprint density at radius 2 is 1.19 bits per heavy atom. The zero-order valence-corrected chi connectivity index (χ0v) is 11.1. The number of halogens is 2. The van der Waals surface area contributed by atoms with Crippen molar-refractivity contribution in [3.8, 4) is 0 Å². The van der Waals surface area contributed by atoms with Gasteiger partial charge in [0.25, 0.3) is 0 Å². The first kappa shape index (κ1) is 16.5. The van der Waals surface area contributed by atoms with Crippen molar-refractivity contribution in [1.29, 1.82) is 0 Å². The van der Waals surface area contributed by atoms with E-state index in [1.165, 1.54) is 0 Å². The van der Waals surface area contributed by atoms with Crippen LogP contribution in [0, 0.1) is 0 Å². The summed E-state index contributed by atoms with van der Waals surface area (Å²) in [5.41, 5.74) is 0. The van der Waals surface area contributed by atoms with E-state index in [9.17, 15) is 5.02 Å². The fourth-order valence-electron chi connectivity index (χ4n) is 1.15. The molecule has 0 atom stereocenters. The number of hydrogen-bond donors (Lipinski definition) is 0. The fourth-order valence-corrected chi connectivity index (χ4v) is 1.53. The molecule has 16 heavy (non-hydrogen) atoms. The molecule has 0 fully saturated rings. The highest BCUT2D eigenvalue weighted by molar-refractivity contribution is 6.34. The Balaban J connectivity index is 3.09. The van der Waals surface area contributed by atoms with Gasteiger partial charge in [-0.15, -0.1) is 23.2 Å². The monoisotopic (exact) mass is 269 g/mol. The van der Waals surface area contributed by atoms with Gasteiger partial charge in [-0.1, -0.05) is 12.8 Å². The lowest BCUT2D eigenvalue weighted by Crippen LogP contribution is -2.22. The van der Waals surface area contributed by atoms with Crippen LogP contribution in [0.5, 0.6) is 0 Å². The smallest absolute Gasteiger partial charge is 0.384 e. The summed E-state index contributed by atoms with van der Waals surface area (Å²) in [5.74, 6) is 1.33. The second-order valence-corrected chi connectivity index (χ2v) is 4.29. The Labute approximate surface area is 109 Å². The molecule has 0 bridgehead atoms. The van der Waals surface area contributed by atoms with E-state index in [0.29, 0.717) is 25.0 Å². The molecule has 0 N–H and O–H groups in total. The van der Waals surface area contributed by atoms with Crippen LogP contribution in [-0.2, 0) is 14.3 Å². The molecule has 0 saturated heterocycles. The molecule has 0 saturated carbocycles. The van der Waals surface area contributed by atoms with Gasteiger partial charge in [0.05, 0.1) is 0 Å². The van der Waals surface area contributed by atoms with E-state index in [-0.39, 0.29) is 0 Å². The first-order valence-electron chi connectivity index (χ1n) is 5.82. The van der Waals surface area contributed by atoms with Crippen LogP contribution in [0.2, 0.25) is 0 Å². The maximum absolute atomic E-state index is 11.1. The van der Waals surface area contributed by atoms with Gasteiger partial charge in [0.15, 0.2) is 0 Å². The molecule has 0 aliphatic rings. The molecular weight excluding hydrogens is 250 g/mol. The molecule has 95 valence electrons. The molecule has 0 rings (SSSR count). The Morgan fingerprint density at radius 3 is 1.56 bits per heavy atom. The highest BCUT2D eigenvalue weighted by atomic mass is 35.5. The van der Waals surface area contributed by atoms with Crippen LogP contribution in [0.1, 0.15) is 38.5 Å². The second kappa shape index (κ2) is 13.6. The van der Waals surface area contributed by atoms with Crippen LogP contribution in [-0.4, -0.2) is 32.3 Å². The van der Waals surface area contributed by atoms with Crippen molar-refractivity contribution in [3.05, 3.63) is 0 Å². The van der Waals surface area contributed by atoms with Gasteiger partial charge in [-0.2, -0.15) is 0 Å². The average molecular weight is 270 g/mol. The average Bonchev–Trinajstić information content (AvgIpc) is 2.28. The maximum atomic E-state index is 11.1. The Hall–Kier alpha value is 0.525. The van der Waals surface area contributed by atoms with Crippen molar-refractivity contribution in [2.24, 2.45) is 0 Å². The highest BCUT2D eigenvalue weighted by Gasteiger charge is 2.16. The van der Waals surface area contributed by atoms with Crippen LogP contribution < -0.4 is 0 Å². The van der Waals surface area contributed by atoms with Crippen molar-refractivity contribution >= 4 is 30.5 Å². The van der Waals surface area contributed by atoms with E-state index in [1.54, 1.807) is 0 Å². The summed E-state index contributed by atoms with van der Waals surface area (Å²) < 4.78 is 9.90. The Morgan fingerprint density at radius 1 is 0.750 bits per heavy atom. The summed E-state index contributed by atoms with van der Waals surface area (Å²) >= 11 is 11.0. The minimum Gasteiger partial charge on any atom is -0.384 e. The van der Waals surface area contributed by atoms with Crippen LogP contribution in [0.25, 0.3) is 0 Å². The fraction of sp³-hybridized carbons (Fsp3) is 1.00. The van der Waals surface area contributed by atoms with Crippen molar-refractivity contribution in [3.63, 3.8) is 0 Å². The van der Waals surface area contributed by atoms with Gasteiger partial charge in [-0.3, -0.25) is 0 Å². The molecule has 3 nitrogen and oxygen atoms in total. The number of rotatable bonds is 12. The van der Waals surface area contributed by atoms with E-state index in [2.05, 4.69) is 0 Å². The molecule has 0 unspecified atom stereocenters. The standard InChI is InChI=1S/C10H20BCl2O3/c12-7-3-1-5-9-15-11(14)16-10-6-2-4-8-13/h1-10H2. The summed E-state index contributed by atoms with van der Waals surface area (Å²) in [5, 5.41) is 11.1. The summed E-state index contributed by atoms with van der Waals surface area (Å²) in [6.07, 6.45) is 5.64. The van der Waals surface area contributed by atoms with Crippen molar-refractivity contribution in [1.82, 2.24) is 0 Å². The van der Waals surface area contributed by atoms with E-state index < -0.39 is 7.32 Å². The van der Waals surface area contributed by atoms with Gasteiger partial charge >= 0.3 is 7.32 Å². The topological polar surface area (TPSA) is 38.4 Å². The van der Waals surface area contributed by atoms with Crippen LogP contribution in [0.15, 0.2) is 0 Å². The molecule has 0 heterocycles. The molecular formula is C10H20BCl2O3. The third-order valence-electron chi connectivity index (χ3n) is 2.06. The van der Waals surface area contributed by atoms with Gasteiger partial charge < -0.3 is 9.31 Å². The molecule has 0 aliphatic carbocycles. The summed E-state index contributed by atoms with van der Waals surface area (Å²) in [6, 6.07) is 0. The first-order chi connectivity index (χ1) is 7.81. The van der Waals surface area contributed by atoms with Gasteiger partial charge in [0.1, 0.15) is 0 Å². The van der Waals surface area contributed by atoms with Gasteiger partial charge in [-0.05, 0) is 25.7 Å². The minimum atomic E-state index is -1.34. The number of alkyl halides is 2. The lowest BCUT2D eigenvalue weighted by molar-refractivity contribution is 0.105. The molecule has 6 heteroatoms. The highest BCUT2D eigenvalue weighted by Crippen LogP contribution is 2.01. The summed E-state index contributed by atoms with van der Waals surface area (Å²) in [7, 11) is -1.34. The van der Waals surface area contributed by atoms with Gasteiger partial charge in [0.2, 0.25) is 0 Å². The van der Waals surface area contributed by atoms with E-state index >= 15 is 0 Å². The third kappa shape index (κ3) is 12.6. The quantitative estimate of drug-likeness (QED) is 0.310. The lowest BCUT2D eigenvalue weighted by atomic mass is 10.2. The number of hydrogen-bond acceptors (Lipinski definition) is 2. The van der Waals surface area contributed by atoms with E-state index in [4.69, 9.17) is 32.5 Å². The minimum absolute atomic E-state index is 0.451. The number of unbranched alkanes of at least 4 members (excludes halogenated alkanes) is 4. The van der Waals surface area contributed by atoms with Crippen LogP contribution >= 0.6 is 23.2 Å². The summed E-state index contributed by atoms with van der Waals surface area (Å²) in [4.78, 5) is 0. The Kier molecular flexibility index (Phi) is 14.0. The molecule has 1 radical (unpaired) electrons. The predicted octanol–water partition coefficient (Wildman–Crippen LogP) is 3.25. The normalized spacial score (nSPS) is 10.7. The zero-order valence-electron chi connectivity index (χ0n) is 9.63.